The van der Waals surface area contributed by atoms with Crippen molar-refractivity contribution in [3.8, 4) is 0 Å². The van der Waals surface area contributed by atoms with Crippen molar-refractivity contribution in [1.82, 2.24) is 9.55 Å². The van der Waals surface area contributed by atoms with Gasteiger partial charge in [-0.2, -0.15) is 0 Å². The number of hydrogen-bond acceptors (Lipinski definition) is 6. The van der Waals surface area contributed by atoms with Crippen molar-refractivity contribution >= 4 is 27.5 Å². The normalized spacial score (nSPS) is 15.3. The maximum atomic E-state index is 12.9. The van der Waals surface area contributed by atoms with Crippen LogP contribution in [0.3, 0.4) is 0 Å². The quantitative estimate of drug-likeness (QED) is 0.774. The average molecular weight is 350 g/mol. The van der Waals surface area contributed by atoms with E-state index in [9.17, 15) is 9.59 Å². The Hall–Kier alpha value is -1.73. The monoisotopic (exact) mass is 350 g/mol. The number of hydrogen-bond donors (Lipinski definition) is 0. The van der Waals surface area contributed by atoms with E-state index in [1.54, 1.807) is 32.3 Å². The van der Waals surface area contributed by atoms with Gasteiger partial charge in [0, 0.05) is 12.0 Å². The van der Waals surface area contributed by atoms with Crippen LogP contribution in [0.25, 0.3) is 10.2 Å². The fourth-order valence-corrected chi connectivity index (χ4v) is 4.48. The number of ether oxygens (including phenoxy) is 2. The molecule has 24 heavy (non-hydrogen) atoms. The van der Waals surface area contributed by atoms with Crippen molar-refractivity contribution in [3.05, 3.63) is 26.6 Å². The molecule has 7 heteroatoms. The summed E-state index contributed by atoms with van der Waals surface area (Å²) < 4.78 is 11.6. The first-order chi connectivity index (χ1) is 11.5. The zero-order valence-corrected chi connectivity index (χ0v) is 15.1. The molecular weight excluding hydrogens is 328 g/mol. The van der Waals surface area contributed by atoms with Gasteiger partial charge in [0.05, 0.1) is 12.0 Å². The van der Waals surface area contributed by atoms with Gasteiger partial charge in [-0.15, -0.1) is 11.3 Å². The molecule has 0 bridgehead atoms. The van der Waals surface area contributed by atoms with E-state index in [1.807, 2.05) is 0 Å². The first kappa shape index (κ1) is 17.1. The van der Waals surface area contributed by atoms with E-state index >= 15 is 0 Å². The van der Waals surface area contributed by atoms with E-state index in [-0.39, 0.29) is 18.2 Å². The average Bonchev–Trinajstić information content (AvgIpc) is 2.89. The van der Waals surface area contributed by atoms with Gasteiger partial charge in [0.1, 0.15) is 23.3 Å². The first-order valence-electron chi connectivity index (χ1n) is 8.21. The summed E-state index contributed by atoms with van der Waals surface area (Å²) in [5, 5.41) is 0.693. The molecule has 130 valence electrons. The largest absolute Gasteiger partial charge is 0.459 e. The molecule has 1 atom stereocenters. The lowest BCUT2D eigenvalue weighted by Gasteiger charge is -2.14. The van der Waals surface area contributed by atoms with E-state index in [0.717, 1.165) is 36.1 Å². The summed E-state index contributed by atoms with van der Waals surface area (Å²) in [6, 6.07) is 0. The molecule has 0 N–H and O–H groups in total. The maximum absolute atomic E-state index is 12.9. The number of thiophene rings is 1. The molecule has 2 aromatic rings. The number of rotatable bonds is 5. The van der Waals surface area contributed by atoms with Crippen LogP contribution >= 0.6 is 11.3 Å². The summed E-state index contributed by atoms with van der Waals surface area (Å²) in [7, 11) is 1.55. The highest BCUT2D eigenvalue weighted by Crippen LogP contribution is 2.33. The third-order valence-corrected chi connectivity index (χ3v) is 5.47. The van der Waals surface area contributed by atoms with Gasteiger partial charge >= 0.3 is 5.97 Å². The Morgan fingerprint density at radius 1 is 1.38 bits per heavy atom. The zero-order valence-electron chi connectivity index (χ0n) is 14.3. The second-order valence-electron chi connectivity index (χ2n) is 6.20. The van der Waals surface area contributed by atoms with Gasteiger partial charge in [-0.25, -0.2) is 4.98 Å². The molecule has 2 aromatic heterocycles. The Balaban J connectivity index is 1.93. The number of esters is 1. The molecule has 6 nitrogen and oxygen atoms in total. The molecule has 0 aromatic carbocycles. The van der Waals surface area contributed by atoms with Crippen molar-refractivity contribution in [3.63, 3.8) is 0 Å². The first-order valence-corrected chi connectivity index (χ1v) is 9.03. The molecule has 0 saturated carbocycles. The molecule has 0 aliphatic heterocycles. The second-order valence-corrected chi connectivity index (χ2v) is 7.28. The van der Waals surface area contributed by atoms with E-state index < -0.39 is 5.97 Å². The minimum absolute atomic E-state index is 0.119. The van der Waals surface area contributed by atoms with Crippen LogP contribution < -0.4 is 5.56 Å². The molecule has 0 saturated heterocycles. The van der Waals surface area contributed by atoms with Crippen LogP contribution in [0.2, 0.25) is 0 Å². The van der Waals surface area contributed by atoms with Crippen molar-refractivity contribution in [2.45, 2.75) is 52.2 Å². The van der Waals surface area contributed by atoms with Crippen LogP contribution in [-0.4, -0.2) is 35.3 Å². The lowest BCUT2D eigenvalue weighted by Crippen LogP contribution is -2.30. The molecule has 1 aliphatic rings. The molecule has 0 amide bonds. The van der Waals surface area contributed by atoms with Crippen molar-refractivity contribution in [1.29, 1.82) is 0 Å². The standard InChI is InChI=1S/C17H22N2O4S/c1-10(9-22-3)23-14(20)8-19-11(2)18-16-15(17(19)21)12-6-4-5-7-13(12)24-16/h10H,4-9H2,1-3H3. The van der Waals surface area contributed by atoms with E-state index in [1.165, 1.54) is 9.44 Å². The summed E-state index contributed by atoms with van der Waals surface area (Å²) in [5.41, 5.74) is 1.00. The van der Waals surface area contributed by atoms with Crippen LogP contribution in [0.5, 0.6) is 0 Å². The smallest absolute Gasteiger partial charge is 0.326 e. The molecule has 1 unspecified atom stereocenters. The molecule has 3 rings (SSSR count). The van der Waals surface area contributed by atoms with Crippen molar-refractivity contribution in [2.24, 2.45) is 0 Å². The van der Waals surface area contributed by atoms with Gasteiger partial charge in [-0.3, -0.25) is 14.2 Å². The molecule has 0 fully saturated rings. The predicted octanol–water partition coefficient (Wildman–Crippen LogP) is 2.22. The summed E-state index contributed by atoms with van der Waals surface area (Å²) in [5.74, 6) is 0.0949. The van der Waals surface area contributed by atoms with Gasteiger partial charge < -0.3 is 9.47 Å². The van der Waals surface area contributed by atoms with Crippen LogP contribution in [0.4, 0.5) is 0 Å². The Morgan fingerprint density at radius 3 is 2.88 bits per heavy atom. The maximum Gasteiger partial charge on any atom is 0.326 e. The third kappa shape index (κ3) is 3.23. The molecular formula is C17H22N2O4S. The van der Waals surface area contributed by atoms with E-state index in [2.05, 4.69) is 4.98 Å². The van der Waals surface area contributed by atoms with E-state index in [4.69, 9.17) is 9.47 Å². The van der Waals surface area contributed by atoms with Crippen LogP contribution in [0, 0.1) is 6.92 Å². The van der Waals surface area contributed by atoms with Crippen LogP contribution in [-0.2, 0) is 33.7 Å². The topological polar surface area (TPSA) is 70.4 Å². The Morgan fingerprint density at radius 2 is 2.12 bits per heavy atom. The van der Waals surface area contributed by atoms with Gasteiger partial charge in [-0.1, -0.05) is 0 Å². The summed E-state index contributed by atoms with van der Waals surface area (Å²) in [6.07, 6.45) is 3.86. The van der Waals surface area contributed by atoms with Crippen LogP contribution in [0.15, 0.2) is 4.79 Å². The van der Waals surface area contributed by atoms with Gasteiger partial charge in [0.15, 0.2) is 0 Å². The number of methoxy groups -OCH3 is 1. The fraction of sp³-hybridized carbons (Fsp3) is 0.588. The van der Waals surface area contributed by atoms with Crippen molar-refractivity contribution in [2.75, 3.05) is 13.7 Å². The minimum Gasteiger partial charge on any atom is -0.459 e. The Kier molecular flexibility index (Phi) is 5.01. The summed E-state index contributed by atoms with van der Waals surface area (Å²) in [6.45, 7) is 3.72. The number of nitrogens with zero attached hydrogens (tertiary/aromatic N) is 2. The van der Waals surface area contributed by atoms with Gasteiger partial charge in [0.2, 0.25) is 0 Å². The Labute approximate surface area is 144 Å². The van der Waals surface area contributed by atoms with E-state index in [0.29, 0.717) is 17.8 Å². The lowest BCUT2D eigenvalue weighted by molar-refractivity contribution is -0.151. The Bertz CT molecular complexity index is 824. The van der Waals surface area contributed by atoms with Gasteiger partial charge in [0.25, 0.3) is 5.56 Å². The molecule has 0 radical (unpaired) electrons. The number of aryl methyl sites for hydroxylation is 3. The summed E-state index contributed by atoms with van der Waals surface area (Å²) in [4.78, 5) is 31.7. The number of carbonyl (C=O) groups excluding carboxylic acids is 1. The highest BCUT2D eigenvalue weighted by Gasteiger charge is 2.22. The van der Waals surface area contributed by atoms with Crippen molar-refractivity contribution < 1.29 is 14.3 Å². The predicted molar refractivity (Wildman–Crippen MR) is 92.7 cm³/mol. The highest BCUT2D eigenvalue weighted by molar-refractivity contribution is 7.18. The number of carbonyl (C=O) groups is 1. The highest BCUT2D eigenvalue weighted by atomic mass is 32.1. The molecule has 1 aliphatic carbocycles. The number of fused-ring (bicyclic) bond motifs is 3. The van der Waals surface area contributed by atoms with Crippen LogP contribution in [0.1, 0.15) is 36.0 Å². The number of aromatic nitrogens is 2. The lowest BCUT2D eigenvalue weighted by atomic mass is 9.97. The van der Waals surface area contributed by atoms with Gasteiger partial charge in [-0.05, 0) is 45.1 Å². The molecule has 0 spiro atoms. The fourth-order valence-electron chi connectivity index (χ4n) is 3.19. The molecule has 2 heterocycles. The zero-order chi connectivity index (χ0) is 17.3. The summed E-state index contributed by atoms with van der Waals surface area (Å²) >= 11 is 1.62. The SMILES string of the molecule is COCC(C)OC(=O)Cn1c(C)nc2sc3c(c2c1=O)CCCC3. The second kappa shape index (κ2) is 7.03. The minimum atomic E-state index is -0.449. The third-order valence-electron chi connectivity index (χ3n) is 4.29.